The highest BCUT2D eigenvalue weighted by Gasteiger charge is 2.21. The van der Waals surface area contributed by atoms with Crippen LogP contribution in [-0.2, 0) is 4.74 Å². The average molecular weight is 531 g/mol. The third-order valence-corrected chi connectivity index (χ3v) is 7.74. The first-order valence-electron chi connectivity index (χ1n) is 13.1. The van der Waals surface area contributed by atoms with Crippen molar-refractivity contribution < 1.29 is 9.53 Å². The van der Waals surface area contributed by atoms with Crippen molar-refractivity contribution in [2.45, 2.75) is 6.92 Å². The number of morpholine rings is 1. The number of aromatic nitrogens is 4. The number of anilines is 1. The van der Waals surface area contributed by atoms with Crippen molar-refractivity contribution in [3.8, 4) is 16.8 Å². The first kappa shape index (κ1) is 24.1. The third-order valence-electron chi connectivity index (χ3n) is 7.74. The number of primary amides is 1. The van der Waals surface area contributed by atoms with Gasteiger partial charge in [0.2, 0.25) is 0 Å². The van der Waals surface area contributed by atoms with E-state index in [9.17, 15) is 9.59 Å². The number of carbonyl (C=O) groups is 1. The Labute approximate surface area is 228 Å². The molecule has 3 N–H and O–H groups in total. The second kappa shape index (κ2) is 9.32. The molecule has 198 valence electrons. The van der Waals surface area contributed by atoms with E-state index < -0.39 is 5.91 Å². The molecular weight excluding hydrogens is 504 g/mol. The minimum Gasteiger partial charge on any atom is -0.378 e. The molecule has 9 nitrogen and oxygen atoms in total. The summed E-state index contributed by atoms with van der Waals surface area (Å²) in [6, 6.07) is 19.4. The molecule has 6 aromatic rings. The molecule has 9 heteroatoms. The van der Waals surface area contributed by atoms with E-state index in [0.717, 1.165) is 57.4 Å². The highest BCUT2D eigenvalue weighted by molar-refractivity contribution is 6.19. The van der Waals surface area contributed by atoms with Crippen LogP contribution in [0.25, 0.3) is 49.5 Å². The first-order chi connectivity index (χ1) is 19.5. The van der Waals surface area contributed by atoms with E-state index in [2.05, 4.69) is 38.1 Å². The largest absolute Gasteiger partial charge is 0.378 e. The molecule has 1 amide bonds. The van der Waals surface area contributed by atoms with Crippen LogP contribution in [0.15, 0.2) is 78.0 Å². The maximum Gasteiger partial charge on any atom is 0.269 e. The normalized spacial score (nSPS) is 13.9. The molecule has 0 spiro atoms. The lowest BCUT2D eigenvalue weighted by molar-refractivity contribution is 0.0997. The second-order valence-electron chi connectivity index (χ2n) is 9.98. The van der Waals surface area contributed by atoms with Crippen LogP contribution >= 0.6 is 0 Å². The zero-order valence-electron chi connectivity index (χ0n) is 21.8. The average Bonchev–Trinajstić information content (AvgIpc) is 3.37. The van der Waals surface area contributed by atoms with Crippen LogP contribution in [0, 0.1) is 6.92 Å². The number of hydrogen-bond donors (Lipinski definition) is 2. The van der Waals surface area contributed by atoms with Crippen LogP contribution in [0.2, 0.25) is 0 Å². The fourth-order valence-electron chi connectivity index (χ4n) is 5.73. The number of pyridine rings is 1. The van der Waals surface area contributed by atoms with Gasteiger partial charge in [0.15, 0.2) is 5.69 Å². The standard InChI is InChI=1S/C31H26N6O3/c1-18-20(6-4-8-26(18)37-17-34-24-7-3-2-5-22(24)31(37)39)23-16-33-29(30(32)38)28-27(23)21-10-9-19(15-25(21)35-28)36-11-13-40-14-12-36/h2-10,15-17,35H,11-14H2,1H3,(H2,32,38). The number of aromatic amines is 1. The molecule has 40 heavy (non-hydrogen) atoms. The monoisotopic (exact) mass is 530 g/mol. The molecule has 0 unspecified atom stereocenters. The summed E-state index contributed by atoms with van der Waals surface area (Å²) in [5, 5.41) is 2.37. The number of H-pyrrole nitrogens is 1. The van der Waals surface area contributed by atoms with E-state index >= 15 is 0 Å². The number of amides is 1. The number of para-hydroxylation sites is 1. The van der Waals surface area contributed by atoms with Gasteiger partial charge >= 0.3 is 0 Å². The van der Waals surface area contributed by atoms with Crippen molar-refractivity contribution >= 4 is 44.3 Å². The molecule has 1 aliphatic heterocycles. The van der Waals surface area contributed by atoms with Crippen LogP contribution < -0.4 is 16.2 Å². The SMILES string of the molecule is Cc1c(-c2cnc(C(N)=O)c3[nH]c4cc(N5CCOCC5)ccc4c23)cccc1-n1cnc2ccccc2c1=O. The molecule has 1 aliphatic rings. The Kier molecular flexibility index (Phi) is 5.60. The number of ether oxygens (including phenoxy) is 1. The molecule has 0 atom stereocenters. The zero-order chi connectivity index (χ0) is 27.4. The molecule has 3 aromatic heterocycles. The summed E-state index contributed by atoms with van der Waals surface area (Å²) in [5.74, 6) is -0.601. The Morgan fingerprint density at radius 2 is 1.80 bits per heavy atom. The van der Waals surface area contributed by atoms with E-state index in [4.69, 9.17) is 10.5 Å². The van der Waals surface area contributed by atoms with Gasteiger partial charge < -0.3 is 20.4 Å². The number of benzene rings is 3. The Morgan fingerprint density at radius 3 is 2.62 bits per heavy atom. The minimum absolute atomic E-state index is 0.138. The van der Waals surface area contributed by atoms with E-state index in [1.165, 1.54) is 0 Å². The topological polar surface area (TPSA) is 119 Å². The van der Waals surface area contributed by atoms with Crippen molar-refractivity contribution in [1.29, 1.82) is 0 Å². The maximum atomic E-state index is 13.4. The van der Waals surface area contributed by atoms with Crippen LogP contribution in [0.5, 0.6) is 0 Å². The lowest BCUT2D eigenvalue weighted by atomic mass is 9.95. The first-order valence-corrected chi connectivity index (χ1v) is 13.1. The van der Waals surface area contributed by atoms with Gasteiger partial charge in [-0.05, 0) is 48.4 Å². The lowest BCUT2D eigenvalue weighted by Gasteiger charge is -2.28. The van der Waals surface area contributed by atoms with Gasteiger partial charge in [-0.2, -0.15) is 0 Å². The number of carbonyl (C=O) groups excluding carboxylic acids is 1. The summed E-state index contributed by atoms with van der Waals surface area (Å²) >= 11 is 0. The Bertz CT molecular complexity index is 2020. The quantitative estimate of drug-likeness (QED) is 0.350. The van der Waals surface area contributed by atoms with Gasteiger partial charge in [0.1, 0.15) is 6.33 Å². The van der Waals surface area contributed by atoms with Gasteiger partial charge in [-0.15, -0.1) is 0 Å². The van der Waals surface area contributed by atoms with Crippen LogP contribution in [-0.4, -0.2) is 51.7 Å². The zero-order valence-corrected chi connectivity index (χ0v) is 21.8. The molecule has 0 aliphatic carbocycles. The molecule has 1 saturated heterocycles. The molecular formula is C31H26N6O3. The Morgan fingerprint density at radius 1 is 0.975 bits per heavy atom. The summed E-state index contributed by atoms with van der Waals surface area (Å²) in [6.45, 7) is 5.00. The summed E-state index contributed by atoms with van der Waals surface area (Å²) in [4.78, 5) is 40.5. The highest BCUT2D eigenvalue weighted by atomic mass is 16.5. The predicted molar refractivity (Wildman–Crippen MR) is 156 cm³/mol. The van der Waals surface area contributed by atoms with Crippen molar-refractivity contribution in [3.05, 3.63) is 94.8 Å². The van der Waals surface area contributed by atoms with Crippen LogP contribution in [0.1, 0.15) is 16.1 Å². The van der Waals surface area contributed by atoms with Gasteiger partial charge in [0.25, 0.3) is 11.5 Å². The summed E-state index contributed by atoms with van der Waals surface area (Å²) in [7, 11) is 0. The molecule has 0 bridgehead atoms. The predicted octanol–water partition coefficient (Wildman–Crippen LogP) is 4.33. The van der Waals surface area contributed by atoms with Crippen LogP contribution in [0.4, 0.5) is 5.69 Å². The number of nitrogens with one attached hydrogen (secondary N) is 1. The van der Waals surface area contributed by atoms with E-state index in [-0.39, 0.29) is 11.3 Å². The lowest BCUT2D eigenvalue weighted by Crippen LogP contribution is -2.36. The Balaban J connectivity index is 1.44. The summed E-state index contributed by atoms with van der Waals surface area (Å²) in [5.41, 5.74) is 12.3. The number of nitrogens with zero attached hydrogens (tertiary/aromatic N) is 4. The molecule has 1 fully saturated rings. The van der Waals surface area contributed by atoms with E-state index in [1.807, 2.05) is 43.3 Å². The van der Waals surface area contributed by atoms with Gasteiger partial charge in [-0.25, -0.2) is 9.97 Å². The van der Waals surface area contributed by atoms with Crippen molar-refractivity contribution in [3.63, 3.8) is 0 Å². The Hall–Kier alpha value is -5.02. The third kappa shape index (κ3) is 3.74. The van der Waals surface area contributed by atoms with Crippen LogP contribution in [0.3, 0.4) is 0 Å². The van der Waals surface area contributed by atoms with Crippen molar-refractivity contribution in [1.82, 2.24) is 19.5 Å². The summed E-state index contributed by atoms with van der Waals surface area (Å²) in [6.07, 6.45) is 3.26. The fraction of sp³-hybridized carbons (Fsp3) is 0.161. The number of fused-ring (bicyclic) bond motifs is 4. The molecule has 0 radical (unpaired) electrons. The number of hydrogen-bond acceptors (Lipinski definition) is 6. The van der Waals surface area contributed by atoms with Gasteiger partial charge in [-0.1, -0.05) is 30.3 Å². The summed E-state index contributed by atoms with van der Waals surface area (Å²) < 4.78 is 7.09. The van der Waals surface area contributed by atoms with Crippen molar-refractivity contribution in [2.75, 3.05) is 31.2 Å². The number of rotatable bonds is 4. The van der Waals surface area contributed by atoms with Crippen molar-refractivity contribution in [2.24, 2.45) is 5.73 Å². The van der Waals surface area contributed by atoms with Gasteiger partial charge in [0, 0.05) is 46.8 Å². The van der Waals surface area contributed by atoms with E-state index in [0.29, 0.717) is 29.6 Å². The molecule has 4 heterocycles. The fourth-order valence-corrected chi connectivity index (χ4v) is 5.73. The van der Waals surface area contributed by atoms with Gasteiger partial charge in [0.05, 0.1) is 35.3 Å². The maximum absolute atomic E-state index is 13.4. The minimum atomic E-state index is -0.601. The smallest absolute Gasteiger partial charge is 0.269 e. The second-order valence-corrected chi connectivity index (χ2v) is 9.98. The molecule has 0 saturated carbocycles. The molecule has 7 rings (SSSR count). The van der Waals surface area contributed by atoms with E-state index in [1.54, 1.807) is 23.2 Å². The number of nitrogens with two attached hydrogens (primary N) is 1. The highest BCUT2D eigenvalue weighted by Crippen LogP contribution is 2.39. The molecule has 3 aromatic carbocycles. The van der Waals surface area contributed by atoms with Gasteiger partial charge in [-0.3, -0.25) is 14.2 Å².